The molecule has 1 fully saturated rings. The van der Waals surface area contributed by atoms with Gasteiger partial charge in [-0.3, -0.25) is 9.20 Å². The fourth-order valence-corrected chi connectivity index (χ4v) is 5.27. The van der Waals surface area contributed by atoms with E-state index in [1.807, 2.05) is 0 Å². The van der Waals surface area contributed by atoms with E-state index >= 15 is 0 Å². The molecule has 3 aromatic rings. The third-order valence-electron chi connectivity index (χ3n) is 6.12. The number of nitrogens with zero attached hydrogens (tertiary/aromatic N) is 4. The zero-order chi connectivity index (χ0) is 20.0. The fourth-order valence-electron chi connectivity index (χ4n) is 4.47. The van der Waals surface area contributed by atoms with E-state index in [0.717, 1.165) is 34.7 Å². The van der Waals surface area contributed by atoms with Crippen molar-refractivity contribution in [2.24, 2.45) is 0 Å². The van der Waals surface area contributed by atoms with Gasteiger partial charge < -0.3 is 4.90 Å². The Hall–Kier alpha value is -2.08. The standard InChI is InChI=1S/C22H28N4OS/c1-13-9-10-18-11-14(2)21-23-24-22(26(21)20(18)17(13)5)28-12-19(27)25-15(3)7-6-8-16(25)4/h9-11,15-16H,6-8,12H2,1-5H3/t15-,16-/m0/s1. The normalized spacial score (nSPS) is 20.2. The lowest BCUT2D eigenvalue weighted by Crippen LogP contribution is -2.48. The molecule has 0 saturated carbocycles. The molecule has 0 radical (unpaired) electrons. The Bertz CT molecular complexity index is 1050. The Balaban J connectivity index is 1.70. The number of piperidine rings is 1. The highest BCUT2D eigenvalue weighted by molar-refractivity contribution is 7.99. The number of pyridine rings is 1. The molecule has 0 unspecified atom stereocenters. The van der Waals surface area contributed by atoms with Crippen molar-refractivity contribution in [3.05, 3.63) is 34.9 Å². The first-order chi connectivity index (χ1) is 13.4. The number of hydrogen-bond acceptors (Lipinski definition) is 4. The van der Waals surface area contributed by atoms with E-state index in [9.17, 15) is 4.79 Å². The number of aromatic nitrogens is 3. The van der Waals surface area contributed by atoms with Crippen LogP contribution in [-0.4, -0.2) is 43.2 Å². The van der Waals surface area contributed by atoms with E-state index in [1.165, 1.54) is 34.7 Å². The zero-order valence-electron chi connectivity index (χ0n) is 17.3. The van der Waals surface area contributed by atoms with Crippen molar-refractivity contribution in [2.75, 3.05) is 5.75 Å². The van der Waals surface area contributed by atoms with E-state index in [-0.39, 0.29) is 5.91 Å². The summed E-state index contributed by atoms with van der Waals surface area (Å²) in [4.78, 5) is 15.0. The minimum atomic E-state index is 0.200. The second kappa shape index (κ2) is 7.39. The number of likely N-dealkylation sites (tertiary alicyclic amines) is 1. The van der Waals surface area contributed by atoms with Crippen molar-refractivity contribution in [3.63, 3.8) is 0 Å². The third kappa shape index (κ3) is 3.17. The van der Waals surface area contributed by atoms with Crippen LogP contribution in [0.2, 0.25) is 0 Å². The molecular weight excluding hydrogens is 368 g/mol. The maximum atomic E-state index is 12.9. The van der Waals surface area contributed by atoms with Gasteiger partial charge in [0, 0.05) is 12.1 Å². The Morgan fingerprint density at radius 2 is 1.82 bits per heavy atom. The summed E-state index contributed by atoms with van der Waals surface area (Å²) in [6, 6.07) is 7.12. The van der Waals surface area contributed by atoms with Gasteiger partial charge >= 0.3 is 0 Å². The van der Waals surface area contributed by atoms with Gasteiger partial charge in [0.05, 0.1) is 11.3 Å². The molecule has 2 atom stereocenters. The Labute approximate surface area is 170 Å². The minimum absolute atomic E-state index is 0.200. The molecule has 6 heteroatoms. The third-order valence-corrected chi connectivity index (χ3v) is 7.03. The van der Waals surface area contributed by atoms with Crippen molar-refractivity contribution < 1.29 is 4.79 Å². The molecule has 1 saturated heterocycles. The zero-order valence-corrected chi connectivity index (χ0v) is 18.1. The highest BCUT2D eigenvalue weighted by atomic mass is 32.2. The predicted molar refractivity (Wildman–Crippen MR) is 115 cm³/mol. The number of hydrogen-bond donors (Lipinski definition) is 0. The summed E-state index contributed by atoms with van der Waals surface area (Å²) in [5, 5.41) is 10.8. The van der Waals surface area contributed by atoms with Gasteiger partial charge in [-0.25, -0.2) is 0 Å². The second-order valence-corrected chi connectivity index (χ2v) is 9.08. The Kier molecular flexibility index (Phi) is 5.08. The van der Waals surface area contributed by atoms with E-state index in [0.29, 0.717) is 17.8 Å². The minimum Gasteiger partial charge on any atom is -0.337 e. The Morgan fingerprint density at radius 3 is 2.54 bits per heavy atom. The average Bonchev–Trinajstić information content (AvgIpc) is 3.07. The summed E-state index contributed by atoms with van der Waals surface area (Å²) in [7, 11) is 0. The maximum absolute atomic E-state index is 12.9. The number of benzene rings is 1. The van der Waals surface area contributed by atoms with Gasteiger partial charge in [0.15, 0.2) is 10.8 Å². The highest BCUT2D eigenvalue weighted by Gasteiger charge is 2.29. The van der Waals surface area contributed by atoms with E-state index in [4.69, 9.17) is 0 Å². The van der Waals surface area contributed by atoms with Gasteiger partial charge in [-0.05, 0) is 82.0 Å². The highest BCUT2D eigenvalue weighted by Crippen LogP contribution is 2.30. The van der Waals surface area contributed by atoms with Crippen molar-refractivity contribution in [3.8, 4) is 0 Å². The van der Waals surface area contributed by atoms with E-state index < -0.39 is 0 Å². The quantitative estimate of drug-likeness (QED) is 0.603. The summed E-state index contributed by atoms with van der Waals surface area (Å²) in [5.74, 6) is 0.599. The van der Waals surface area contributed by atoms with Gasteiger partial charge in [0.2, 0.25) is 5.91 Å². The molecule has 5 nitrogen and oxygen atoms in total. The van der Waals surface area contributed by atoms with E-state index in [1.54, 1.807) is 0 Å². The van der Waals surface area contributed by atoms with Crippen LogP contribution < -0.4 is 0 Å². The number of aryl methyl sites for hydroxylation is 3. The van der Waals surface area contributed by atoms with Crippen LogP contribution >= 0.6 is 11.8 Å². The maximum Gasteiger partial charge on any atom is 0.233 e. The molecule has 0 aliphatic carbocycles. The van der Waals surface area contributed by atoms with Crippen molar-refractivity contribution >= 4 is 34.2 Å². The second-order valence-electron chi connectivity index (χ2n) is 8.13. The van der Waals surface area contributed by atoms with Gasteiger partial charge in [-0.2, -0.15) is 0 Å². The average molecular weight is 397 g/mol. The van der Waals surface area contributed by atoms with Crippen LogP contribution in [0, 0.1) is 20.8 Å². The topological polar surface area (TPSA) is 50.5 Å². The van der Waals surface area contributed by atoms with Crippen LogP contribution in [0.5, 0.6) is 0 Å². The molecule has 148 valence electrons. The lowest BCUT2D eigenvalue weighted by atomic mass is 9.98. The molecule has 4 rings (SSSR count). The van der Waals surface area contributed by atoms with Crippen LogP contribution in [0.1, 0.15) is 49.8 Å². The SMILES string of the molecule is Cc1ccc2cc(C)c3nnc(SCC(=O)N4[C@@H](C)CCC[C@@H]4C)n3c2c1C. The summed E-state index contributed by atoms with van der Waals surface area (Å²) >= 11 is 1.50. The van der Waals surface area contributed by atoms with Crippen molar-refractivity contribution in [1.29, 1.82) is 0 Å². The molecule has 1 aromatic carbocycles. The molecule has 1 aliphatic heterocycles. The molecule has 0 N–H and O–H groups in total. The first-order valence-corrected chi connectivity index (χ1v) is 11.1. The molecule has 0 bridgehead atoms. The van der Waals surface area contributed by atoms with Gasteiger partial charge in [0.25, 0.3) is 0 Å². The number of fused-ring (bicyclic) bond motifs is 3. The number of rotatable bonds is 3. The first-order valence-electron chi connectivity index (χ1n) is 10.1. The predicted octanol–water partition coefficient (Wildman–Crippen LogP) is 4.69. The molecule has 1 amide bonds. The smallest absolute Gasteiger partial charge is 0.233 e. The summed E-state index contributed by atoms with van der Waals surface area (Å²) in [5.41, 5.74) is 5.58. The summed E-state index contributed by atoms with van der Waals surface area (Å²) < 4.78 is 2.13. The molecule has 28 heavy (non-hydrogen) atoms. The molecular formula is C22H28N4OS. The largest absolute Gasteiger partial charge is 0.337 e. The lowest BCUT2D eigenvalue weighted by molar-refractivity contribution is -0.134. The van der Waals surface area contributed by atoms with Crippen LogP contribution in [0.4, 0.5) is 0 Å². The van der Waals surface area contributed by atoms with Gasteiger partial charge in [-0.1, -0.05) is 23.9 Å². The molecule has 0 spiro atoms. The number of amides is 1. The number of carbonyl (C=O) groups excluding carboxylic acids is 1. The molecule has 3 heterocycles. The van der Waals surface area contributed by atoms with Gasteiger partial charge in [-0.15, -0.1) is 10.2 Å². The first kappa shape index (κ1) is 19.2. The molecule has 2 aromatic heterocycles. The van der Waals surface area contributed by atoms with Crippen molar-refractivity contribution in [2.45, 2.75) is 71.1 Å². The fraction of sp³-hybridized carbons (Fsp3) is 0.500. The monoisotopic (exact) mass is 396 g/mol. The van der Waals surface area contributed by atoms with Crippen LogP contribution in [-0.2, 0) is 4.79 Å². The summed E-state index contributed by atoms with van der Waals surface area (Å²) in [6.07, 6.45) is 3.39. The van der Waals surface area contributed by atoms with Gasteiger partial charge in [0.1, 0.15) is 0 Å². The van der Waals surface area contributed by atoms with Crippen LogP contribution in [0.3, 0.4) is 0 Å². The van der Waals surface area contributed by atoms with Crippen molar-refractivity contribution in [1.82, 2.24) is 19.5 Å². The van der Waals surface area contributed by atoms with Crippen LogP contribution in [0.25, 0.3) is 16.6 Å². The summed E-state index contributed by atoms with van der Waals surface area (Å²) in [6.45, 7) is 10.7. The number of carbonyl (C=O) groups is 1. The Morgan fingerprint density at radius 1 is 1.11 bits per heavy atom. The number of thioether (sulfide) groups is 1. The van der Waals surface area contributed by atoms with Crippen LogP contribution in [0.15, 0.2) is 23.4 Å². The lowest BCUT2D eigenvalue weighted by Gasteiger charge is -2.39. The van der Waals surface area contributed by atoms with E-state index in [2.05, 4.69) is 72.3 Å². The molecule has 1 aliphatic rings.